The molecule has 0 saturated carbocycles. The molecular weight excluding hydrogens is 348 g/mol. The molecule has 2 aromatic heterocycles. The molecule has 0 radical (unpaired) electrons. The van der Waals surface area contributed by atoms with Crippen molar-refractivity contribution >= 4 is 5.91 Å². The fourth-order valence-electron chi connectivity index (χ4n) is 3.93. The molecule has 0 fully saturated rings. The molecule has 4 aromatic rings. The third-order valence-corrected chi connectivity index (χ3v) is 5.30. The van der Waals surface area contributed by atoms with Crippen molar-refractivity contribution in [1.29, 1.82) is 0 Å². The van der Waals surface area contributed by atoms with Crippen molar-refractivity contribution in [3.8, 4) is 5.69 Å². The number of nitrogens with zero attached hydrogens (tertiary/aromatic N) is 4. The van der Waals surface area contributed by atoms with Crippen LogP contribution in [0.4, 0.5) is 0 Å². The first-order chi connectivity index (χ1) is 13.8. The van der Waals surface area contributed by atoms with Crippen LogP contribution in [0, 0.1) is 0 Å². The van der Waals surface area contributed by atoms with Gasteiger partial charge in [0.25, 0.3) is 5.91 Å². The summed E-state index contributed by atoms with van der Waals surface area (Å²) in [4.78, 5) is 15.4. The maximum atomic E-state index is 13.4. The van der Waals surface area contributed by atoms with Crippen LogP contribution in [0.15, 0.2) is 91.4 Å². The molecule has 1 atom stereocenters. The number of fused-ring (bicyclic) bond motifs is 1. The minimum absolute atomic E-state index is 0.0494. The Balaban J connectivity index is 1.49. The average molecular weight is 368 g/mol. The molecule has 0 saturated heterocycles. The first-order valence-electron chi connectivity index (χ1n) is 9.42. The van der Waals surface area contributed by atoms with Gasteiger partial charge < -0.3 is 9.47 Å². The van der Waals surface area contributed by atoms with Crippen molar-refractivity contribution < 1.29 is 4.79 Å². The van der Waals surface area contributed by atoms with E-state index in [-0.39, 0.29) is 11.9 Å². The number of benzene rings is 2. The second-order valence-corrected chi connectivity index (χ2v) is 6.94. The normalized spacial score (nSPS) is 16.0. The number of rotatable bonds is 3. The summed E-state index contributed by atoms with van der Waals surface area (Å²) in [6, 6.07) is 23.8. The summed E-state index contributed by atoms with van der Waals surface area (Å²) in [5, 5.41) is 4.24. The minimum atomic E-state index is -0.0803. The predicted molar refractivity (Wildman–Crippen MR) is 107 cm³/mol. The van der Waals surface area contributed by atoms with E-state index in [1.165, 1.54) is 0 Å². The molecule has 5 rings (SSSR count). The van der Waals surface area contributed by atoms with Gasteiger partial charge in [-0.15, -0.1) is 0 Å². The Morgan fingerprint density at radius 2 is 1.68 bits per heavy atom. The van der Waals surface area contributed by atoms with Gasteiger partial charge in [-0.2, -0.15) is 5.10 Å². The topological polar surface area (TPSA) is 43.1 Å². The van der Waals surface area contributed by atoms with Gasteiger partial charge in [-0.25, -0.2) is 4.68 Å². The van der Waals surface area contributed by atoms with Gasteiger partial charge in [0.15, 0.2) is 0 Å². The molecular formula is C23H20N4O. The Labute approximate surface area is 163 Å². The van der Waals surface area contributed by atoms with Gasteiger partial charge in [-0.1, -0.05) is 30.3 Å². The summed E-state index contributed by atoms with van der Waals surface area (Å²) in [6.07, 6.45) is 5.72. The van der Waals surface area contributed by atoms with Gasteiger partial charge in [0.2, 0.25) is 0 Å². The Kier molecular flexibility index (Phi) is 4.05. The van der Waals surface area contributed by atoms with Crippen LogP contribution >= 0.6 is 0 Å². The van der Waals surface area contributed by atoms with Gasteiger partial charge in [0.1, 0.15) is 0 Å². The number of carbonyl (C=O) groups is 1. The van der Waals surface area contributed by atoms with E-state index in [0.29, 0.717) is 12.1 Å². The van der Waals surface area contributed by atoms with E-state index in [1.54, 1.807) is 10.9 Å². The lowest BCUT2D eigenvalue weighted by atomic mass is 9.99. The van der Waals surface area contributed by atoms with Gasteiger partial charge in [-0.05, 0) is 48.0 Å². The van der Waals surface area contributed by atoms with Crippen LogP contribution in [0.5, 0.6) is 0 Å². The maximum Gasteiger partial charge on any atom is 0.254 e. The molecule has 0 spiro atoms. The molecule has 1 unspecified atom stereocenters. The van der Waals surface area contributed by atoms with Crippen molar-refractivity contribution in [1.82, 2.24) is 19.2 Å². The fraction of sp³-hybridized carbons (Fsp3) is 0.130. The number of aromatic nitrogens is 3. The molecule has 138 valence electrons. The summed E-state index contributed by atoms with van der Waals surface area (Å²) in [6.45, 7) is 1.49. The SMILES string of the molecule is O=C(c1ccc(-n2cccn2)cc1)N1CCn2cccc2C1c1ccccc1. The summed E-state index contributed by atoms with van der Waals surface area (Å²) < 4.78 is 4.02. The monoisotopic (exact) mass is 368 g/mol. The second-order valence-electron chi connectivity index (χ2n) is 6.94. The fourth-order valence-corrected chi connectivity index (χ4v) is 3.93. The third-order valence-electron chi connectivity index (χ3n) is 5.30. The molecule has 1 amide bonds. The molecule has 2 aromatic carbocycles. The molecule has 5 nitrogen and oxygen atoms in total. The van der Waals surface area contributed by atoms with Crippen molar-refractivity contribution in [3.05, 3.63) is 108 Å². The highest BCUT2D eigenvalue weighted by Gasteiger charge is 2.32. The summed E-state index contributed by atoms with van der Waals surface area (Å²) in [5.41, 5.74) is 3.91. The summed E-state index contributed by atoms with van der Waals surface area (Å²) in [7, 11) is 0. The number of amides is 1. The lowest BCUT2D eigenvalue weighted by Crippen LogP contribution is -2.42. The Hall–Kier alpha value is -3.60. The second kappa shape index (κ2) is 6.85. The highest BCUT2D eigenvalue weighted by Crippen LogP contribution is 2.33. The van der Waals surface area contributed by atoms with E-state index >= 15 is 0 Å². The summed E-state index contributed by atoms with van der Waals surface area (Å²) >= 11 is 0. The maximum absolute atomic E-state index is 13.4. The van der Waals surface area contributed by atoms with E-state index in [4.69, 9.17) is 0 Å². The zero-order valence-electron chi connectivity index (χ0n) is 15.3. The molecule has 1 aliphatic heterocycles. The molecule has 1 aliphatic rings. The molecule has 0 bridgehead atoms. The largest absolute Gasteiger partial charge is 0.348 e. The molecule has 3 heterocycles. The van der Waals surface area contributed by atoms with Crippen LogP contribution in [0.3, 0.4) is 0 Å². The zero-order chi connectivity index (χ0) is 18.9. The Bertz CT molecular complexity index is 1080. The number of hydrogen-bond acceptors (Lipinski definition) is 2. The van der Waals surface area contributed by atoms with Crippen LogP contribution in [-0.2, 0) is 6.54 Å². The standard InChI is InChI=1S/C23H20N4O/c28-23(19-9-11-20(12-10-19)27-15-5-13-24-27)26-17-16-25-14-4-8-21(25)22(26)18-6-2-1-3-7-18/h1-15,22H,16-17H2. The highest BCUT2D eigenvalue weighted by atomic mass is 16.2. The lowest BCUT2D eigenvalue weighted by Gasteiger charge is -2.37. The van der Waals surface area contributed by atoms with Crippen molar-refractivity contribution in [2.45, 2.75) is 12.6 Å². The van der Waals surface area contributed by atoms with E-state index in [0.717, 1.165) is 23.5 Å². The van der Waals surface area contributed by atoms with Gasteiger partial charge in [-0.3, -0.25) is 4.79 Å². The van der Waals surface area contributed by atoms with Gasteiger partial charge in [0, 0.05) is 42.9 Å². The van der Waals surface area contributed by atoms with Gasteiger partial charge >= 0.3 is 0 Å². The van der Waals surface area contributed by atoms with Crippen molar-refractivity contribution in [2.75, 3.05) is 6.54 Å². The Morgan fingerprint density at radius 3 is 2.43 bits per heavy atom. The molecule has 28 heavy (non-hydrogen) atoms. The first kappa shape index (κ1) is 16.6. The van der Waals surface area contributed by atoms with E-state index in [2.05, 4.69) is 40.1 Å². The zero-order valence-corrected chi connectivity index (χ0v) is 15.3. The van der Waals surface area contributed by atoms with Crippen molar-refractivity contribution in [3.63, 3.8) is 0 Å². The van der Waals surface area contributed by atoms with E-state index in [1.807, 2.05) is 59.6 Å². The quantitative estimate of drug-likeness (QED) is 0.550. The first-order valence-corrected chi connectivity index (χ1v) is 9.42. The van der Waals surface area contributed by atoms with E-state index in [9.17, 15) is 4.79 Å². The molecule has 5 heteroatoms. The van der Waals surface area contributed by atoms with Crippen LogP contribution in [0.25, 0.3) is 5.69 Å². The van der Waals surface area contributed by atoms with E-state index < -0.39 is 0 Å². The minimum Gasteiger partial charge on any atom is -0.348 e. The average Bonchev–Trinajstić information content (AvgIpc) is 3.45. The number of carbonyl (C=O) groups excluding carboxylic acids is 1. The van der Waals surface area contributed by atoms with Crippen LogP contribution in [-0.4, -0.2) is 31.7 Å². The van der Waals surface area contributed by atoms with Crippen LogP contribution < -0.4 is 0 Å². The third kappa shape index (κ3) is 2.81. The summed E-state index contributed by atoms with van der Waals surface area (Å²) in [5.74, 6) is 0.0494. The number of hydrogen-bond donors (Lipinski definition) is 0. The smallest absolute Gasteiger partial charge is 0.254 e. The van der Waals surface area contributed by atoms with Crippen LogP contribution in [0.1, 0.15) is 27.7 Å². The Morgan fingerprint density at radius 1 is 0.857 bits per heavy atom. The van der Waals surface area contributed by atoms with Gasteiger partial charge in [0.05, 0.1) is 11.7 Å². The van der Waals surface area contributed by atoms with Crippen LogP contribution in [0.2, 0.25) is 0 Å². The lowest BCUT2D eigenvalue weighted by molar-refractivity contribution is 0.0664. The highest BCUT2D eigenvalue weighted by molar-refractivity contribution is 5.95. The molecule has 0 N–H and O–H groups in total. The predicted octanol–water partition coefficient (Wildman–Crippen LogP) is 3.92. The molecule has 0 aliphatic carbocycles. The van der Waals surface area contributed by atoms with Crippen molar-refractivity contribution in [2.24, 2.45) is 0 Å².